The molecule has 0 radical (unpaired) electrons. The number of benzene rings is 1. The fourth-order valence-electron chi connectivity index (χ4n) is 2.55. The Labute approximate surface area is 115 Å². The molecule has 0 unspecified atom stereocenters. The van der Waals surface area contributed by atoms with Crippen molar-refractivity contribution in [1.29, 1.82) is 0 Å². The van der Waals surface area contributed by atoms with Gasteiger partial charge in [0.05, 0.1) is 0 Å². The first kappa shape index (κ1) is 13.7. The largest absolute Gasteiger partial charge is 0.369 e. The van der Waals surface area contributed by atoms with E-state index in [2.05, 4.69) is 22.8 Å². The molecular weight excluding hydrogens is 246 g/mol. The minimum Gasteiger partial charge on any atom is -0.369 e. The van der Waals surface area contributed by atoms with E-state index >= 15 is 0 Å². The molecule has 0 aliphatic carbocycles. The van der Waals surface area contributed by atoms with Crippen LogP contribution >= 0.6 is 11.6 Å². The molecule has 1 aliphatic heterocycles. The van der Waals surface area contributed by atoms with Crippen LogP contribution in [0.5, 0.6) is 0 Å². The summed E-state index contributed by atoms with van der Waals surface area (Å²) < 4.78 is 0. The van der Waals surface area contributed by atoms with Gasteiger partial charge in [0.15, 0.2) is 0 Å². The van der Waals surface area contributed by atoms with Crippen LogP contribution in [0, 0.1) is 0 Å². The number of anilines is 1. The number of nitrogens with zero attached hydrogens (tertiary/aromatic N) is 2. The number of nitrogens with two attached hydrogens (primary N) is 1. The van der Waals surface area contributed by atoms with Gasteiger partial charge in [-0.3, -0.25) is 4.90 Å². The Kier molecular flexibility index (Phi) is 4.87. The lowest BCUT2D eigenvalue weighted by atomic mass is 10.1. The van der Waals surface area contributed by atoms with E-state index in [9.17, 15) is 0 Å². The van der Waals surface area contributed by atoms with Gasteiger partial charge in [-0.2, -0.15) is 0 Å². The fraction of sp³-hybridized carbons (Fsp3) is 0.571. The molecule has 0 saturated carbocycles. The van der Waals surface area contributed by atoms with E-state index in [1.54, 1.807) is 0 Å². The molecule has 4 heteroatoms. The maximum Gasteiger partial charge on any atom is 0.0413 e. The molecule has 18 heavy (non-hydrogen) atoms. The van der Waals surface area contributed by atoms with E-state index in [1.165, 1.54) is 18.7 Å². The summed E-state index contributed by atoms with van der Waals surface area (Å²) in [6, 6.07) is 6.03. The summed E-state index contributed by atoms with van der Waals surface area (Å²) in [6.07, 6.45) is 1.23. The van der Waals surface area contributed by atoms with Crippen molar-refractivity contribution in [2.75, 3.05) is 37.6 Å². The second-order valence-corrected chi connectivity index (χ2v) is 5.24. The standard InChI is InChI=1S/C14H22ClN3/c1-2-5-17-6-8-18(9-7-17)14-4-3-13(15)10-12(14)11-16/h3-4,10H,2,5-9,11,16H2,1H3. The number of rotatable bonds is 4. The monoisotopic (exact) mass is 267 g/mol. The second kappa shape index (κ2) is 6.41. The zero-order valence-electron chi connectivity index (χ0n) is 11.0. The van der Waals surface area contributed by atoms with Gasteiger partial charge in [0.1, 0.15) is 0 Å². The van der Waals surface area contributed by atoms with Crippen LogP contribution in [0.15, 0.2) is 18.2 Å². The molecule has 0 bridgehead atoms. The van der Waals surface area contributed by atoms with Gasteiger partial charge in [-0.1, -0.05) is 18.5 Å². The Morgan fingerprint density at radius 1 is 1.22 bits per heavy atom. The summed E-state index contributed by atoms with van der Waals surface area (Å²) in [5, 5.41) is 0.767. The van der Waals surface area contributed by atoms with Gasteiger partial charge < -0.3 is 10.6 Å². The minimum absolute atomic E-state index is 0.547. The first-order chi connectivity index (χ1) is 8.74. The van der Waals surface area contributed by atoms with E-state index in [-0.39, 0.29) is 0 Å². The topological polar surface area (TPSA) is 32.5 Å². The maximum atomic E-state index is 6.02. The lowest BCUT2D eigenvalue weighted by Gasteiger charge is -2.36. The molecule has 0 atom stereocenters. The lowest BCUT2D eigenvalue weighted by Crippen LogP contribution is -2.46. The van der Waals surface area contributed by atoms with Gasteiger partial charge in [0.2, 0.25) is 0 Å². The smallest absolute Gasteiger partial charge is 0.0413 e. The number of piperazine rings is 1. The van der Waals surface area contributed by atoms with Crippen molar-refractivity contribution in [3.8, 4) is 0 Å². The number of hydrogen-bond donors (Lipinski definition) is 1. The minimum atomic E-state index is 0.547. The summed E-state index contributed by atoms with van der Waals surface area (Å²) >= 11 is 6.02. The molecule has 3 nitrogen and oxygen atoms in total. The predicted molar refractivity (Wildman–Crippen MR) is 78.3 cm³/mol. The summed E-state index contributed by atoms with van der Waals surface area (Å²) in [5.74, 6) is 0. The summed E-state index contributed by atoms with van der Waals surface area (Å²) in [5.41, 5.74) is 8.20. The maximum absolute atomic E-state index is 6.02. The first-order valence-corrected chi connectivity index (χ1v) is 7.08. The van der Waals surface area contributed by atoms with E-state index in [1.807, 2.05) is 12.1 Å². The Bertz CT molecular complexity index is 387. The van der Waals surface area contributed by atoms with Crippen molar-refractivity contribution in [1.82, 2.24) is 4.90 Å². The zero-order chi connectivity index (χ0) is 13.0. The zero-order valence-corrected chi connectivity index (χ0v) is 11.8. The molecule has 100 valence electrons. The van der Waals surface area contributed by atoms with Gasteiger partial charge in [-0.25, -0.2) is 0 Å². The Morgan fingerprint density at radius 3 is 2.56 bits per heavy atom. The van der Waals surface area contributed by atoms with E-state index in [0.717, 1.165) is 36.8 Å². The van der Waals surface area contributed by atoms with Crippen LogP contribution in [0.1, 0.15) is 18.9 Å². The number of halogens is 1. The highest BCUT2D eigenvalue weighted by atomic mass is 35.5. The summed E-state index contributed by atoms with van der Waals surface area (Å²) in [7, 11) is 0. The van der Waals surface area contributed by atoms with Crippen molar-refractivity contribution < 1.29 is 0 Å². The predicted octanol–water partition coefficient (Wildman–Crippen LogP) is 2.33. The molecule has 1 fully saturated rings. The molecule has 0 amide bonds. The van der Waals surface area contributed by atoms with Crippen molar-refractivity contribution in [3.05, 3.63) is 28.8 Å². The molecule has 2 rings (SSSR count). The quantitative estimate of drug-likeness (QED) is 0.909. The molecule has 1 saturated heterocycles. The molecule has 0 spiro atoms. The van der Waals surface area contributed by atoms with Crippen molar-refractivity contribution in [2.45, 2.75) is 19.9 Å². The van der Waals surface area contributed by atoms with Crippen LogP contribution in [-0.4, -0.2) is 37.6 Å². The molecule has 2 N–H and O–H groups in total. The average Bonchev–Trinajstić information content (AvgIpc) is 2.40. The third-order valence-electron chi connectivity index (χ3n) is 3.51. The fourth-order valence-corrected chi connectivity index (χ4v) is 2.75. The third-order valence-corrected chi connectivity index (χ3v) is 3.75. The van der Waals surface area contributed by atoms with Crippen molar-refractivity contribution in [2.24, 2.45) is 5.73 Å². The van der Waals surface area contributed by atoms with Crippen molar-refractivity contribution in [3.63, 3.8) is 0 Å². The highest BCUT2D eigenvalue weighted by Gasteiger charge is 2.18. The Morgan fingerprint density at radius 2 is 1.94 bits per heavy atom. The molecular formula is C14H22ClN3. The SMILES string of the molecule is CCCN1CCN(c2ccc(Cl)cc2CN)CC1. The average molecular weight is 268 g/mol. The van der Waals surface area contributed by atoms with Crippen molar-refractivity contribution >= 4 is 17.3 Å². The highest BCUT2D eigenvalue weighted by Crippen LogP contribution is 2.25. The van der Waals surface area contributed by atoms with Gasteiger partial charge in [0, 0.05) is 43.4 Å². The van der Waals surface area contributed by atoms with Crippen LogP contribution in [0.3, 0.4) is 0 Å². The van der Waals surface area contributed by atoms with Gasteiger partial charge in [-0.15, -0.1) is 0 Å². The number of hydrogen-bond acceptors (Lipinski definition) is 3. The Balaban J connectivity index is 2.05. The van der Waals surface area contributed by atoms with Gasteiger partial charge >= 0.3 is 0 Å². The molecule has 1 heterocycles. The van der Waals surface area contributed by atoms with Gasteiger partial charge in [0.25, 0.3) is 0 Å². The van der Waals surface area contributed by atoms with Crippen LogP contribution in [0.25, 0.3) is 0 Å². The lowest BCUT2D eigenvalue weighted by molar-refractivity contribution is 0.258. The van der Waals surface area contributed by atoms with Crippen LogP contribution < -0.4 is 10.6 Å². The molecule has 1 aromatic rings. The van der Waals surface area contributed by atoms with E-state index in [0.29, 0.717) is 6.54 Å². The van der Waals surface area contributed by atoms with E-state index in [4.69, 9.17) is 17.3 Å². The second-order valence-electron chi connectivity index (χ2n) is 4.81. The van der Waals surface area contributed by atoms with E-state index < -0.39 is 0 Å². The van der Waals surface area contributed by atoms with Gasteiger partial charge in [-0.05, 0) is 36.7 Å². The Hall–Kier alpha value is -0.770. The molecule has 1 aromatic carbocycles. The molecule has 0 aromatic heterocycles. The summed E-state index contributed by atoms with van der Waals surface area (Å²) in [6.45, 7) is 8.42. The summed E-state index contributed by atoms with van der Waals surface area (Å²) in [4.78, 5) is 4.94. The van der Waals surface area contributed by atoms with Crippen LogP contribution in [0.4, 0.5) is 5.69 Å². The van der Waals surface area contributed by atoms with Crippen LogP contribution in [-0.2, 0) is 6.54 Å². The normalized spacial score (nSPS) is 17.2. The molecule has 1 aliphatic rings. The first-order valence-electron chi connectivity index (χ1n) is 6.70. The van der Waals surface area contributed by atoms with Crippen LogP contribution in [0.2, 0.25) is 5.02 Å². The highest BCUT2D eigenvalue weighted by molar-refractivity contribution is 6.30. The third kappa shape index (κ3) is 3.16.